The highest BCUT2D eigenvalue weighted by molar-refractivity contribution is 5.46. The zero-order valence-electron chi connectivity index (χ0n) is 11.0. The van der Waals surface area contributed by atoms with Crippen LogP contribution in [0.25, 0.3) is 0 Å². The lowest BCUT2D eigenvalue weighted by Gasteiger charge is -2.25. The first kappa shape index (κ1) is 13.8. The summed E-state index contributed by atoms with van der Waals surface area (Å²) in [4.78, 5) is 9.71. The minimum absolute atomic E-state index is 0.610. The van der Waals surface area contributed by atoms with Crippen LogP contribution < -0.4 is 5.32 Å². The molecule has 0 amide bonds. The summed E-state index contributed by atoms with van der Waals surface area (Å²) in [6.07, 6.45) is 1.40. The molecule has 0 aromatic carbocycles. The van der Waals surface area contributed by atoms with Gasteiger partial charge in [0.2, 0.25) is 0 Å². The van der Waals surface area contributed by atoms with E-state index in [-0.39, 0.29) is 0 Å². The third-order valence-electron chi connectivity index (χ3n) is 2.46. The van der Waals surface area contributed by atoms with Gasteiger partial charge in [-0.05, 0) is 7.05 Å². The molecule has 0 saturated carbocycles. The van der Waals surface area contributed by atoms with Crippen molar-refractivity contribution in [3.8, 4) is 0 Å². The maximum Gasteiger partial charge on any atom is 0.310 e. The van der Waals surface area contributed by atoms with Gasteiger partial charge >= 0.3 is 6.08 Å². The molecule has 17 heavy (non-hydrogen) atoms. The second kappa shape index (κ2) is 6.49. The van der Waals surface area contributed by atoms with Crippen molar-refractivity contribution in [2.75, 3.05) is 26.0 Å². The second-order valence-electron chi connectivity index (χ2n) is 4.21. The van der Waals surface area contributed by atoms with Gasteiger partial charge in [0.1, 0.15) is 5.82 Å². The molecule has 96 valence electrons. The minimum atomic E-state index is -0.641. The number of aromatic nitrogens is 2. The molecule has 0 radical (unpaired) electrons. The van der Waals surface area contributed by atoms with Gasteiger partial charge in [0.15, 0.2) is 0 Å². The summed E-state index contributed by atoms with van der Waals surface area (Å²) in [5.74, 6) is 0.610. The van der Waals surface area contributed by atoms with E-state index in [2.05, 4.69) is 34.0 Å². The highest BCUT2D eigenvalue weighted by atomic mass is 19.1. The van der Waals surface area contributed by atoms with Gasteiger partial charge in [-0.3, -0.25) is 0 Å². The van der Waals surface area contributed by atoms with Gasteiger partial charge in [0, 0.05) is 32.1 Å². The summed E-state index contributed by atoms with van der Waals surface area (Å²) in [6, 6.07) is 0. The summed E-state index contributed by atoms with van der Waals surface area (Å²) in [5.41, 5.74) is 1.85. The molecular formula is C12H21FN4. The lowest BCUT2D eigenvalue weighted by molar-refractivity contribution is 0.307. The molecule has 0 aliphatic carbocycles. The van der Waals surface area contributed by atoms with Crippen molar-refractivity contribution in [3.63, 3.8) is 0 Å². The van der Waals surface area contributed by atoms with Crippen molar-refractivity contribution in [3.05, 3.63) is 17.3 Å². The number of anilines is 1. The molecule has 1 aromatic rings. The third-order valence-corrected chi connectivity index (χ3v) is 2.46. The Morgan fingerprint density at radius 1 is 1.35 bits per heavy atom. The molecule has 1 aliphatic rings. The molecule has 5 heteroatoms. The van der Waals surface area contributed by atoms with E-state index in [9.17, 15) is 4.39 Å². The van der Waals surface area contributed by atoms with E-state index in [1.165, 1.54) is 6.42 Å². The van der Waals surface area contributed by atoms with Crippen LogP contribution >= 0.6 is 0 Å². The molecule has 2 rings (SSSR count). The number of rotatable bonds is 1. The van der Waals surface area contributed by atoms with Crippen molar-refractivity contribution in [2.24, 2.45) is 0 Å². The molecular weight excluding hydrogens is 219 g/mol. The van der Waals surface area contributed by atoms with Gasteiger partial charge in [-0.25, -0.2) is 4.98 Å². The largest absolute Gasteiger partial charge is 0.373 e. The zero-order chi connectivity index (χ0) is 12.8. The maximum atomic E-state index is 13.0. The van der Waals surface area contributed by atoms with Gasteiger partial charge in [0.25, 0.3) is 0 Å². The SMILES string of the molecule is CCC.CNc1nc(F)nc2c1CN(C)CC2. The molecule has 2 heterocycles. The monoisotopic (exact) mass is 240 g/mol. The molecule has 1 N–H and O–H groups in total. The third kappa shape index (κ3) is 3.63. The van der Waals surface area contributed by atoms with Gasteiger partial charge in [0.05, 0.1) is 5.69 Å². The van der Waals surface area contributed by atoms with E-state index in [4.69, 9.17) is 0 Å². The number of nitrogens with zero attached hydrogens (tertiary/aromatic N) is 3. The van der Waals surface area contributed by atoms with E-state index in [0.29, 0.717) is 5.82 Å². The molecule has 1 aliphatic heterocycles. The van der Waals surface area contributed by atoms with Crippen molar-refractivity contribution >= 4 is 5.82 Å². The van der Waals surface area contributed by atoms with Crippen LogP contribution in [-0.4, -0.2) is 35.5 Å². The fraction of sp³-hybridized carbons (Fsp3) is 0.667. The Kier molecular flexibility index (Phi) is 5.28. The molecule has 0 bridgehead atoms. The zero-order valence-corrected chi connectivity index (χ0v) is 11.0. The molecule has 4 nitrogen and oxygen atoms in total. The first-order chi connectivity index (χ1) is 8.12. The second-order valence-corrected chi connectivity index (χ2v) is 4.21. The highest BCUT2D eigenvalue weighted by Crippen LogP contribution is 2.22. The van der Waals surface area contributed by atoms with Crippen molar-refractivity contribution in [1.82, 2.24) is 14.9 Å². The number of hydrogen-bond acceptors (Lipinski definition) is 4. The molecule has 0 unspecified atom stereocenters. The Hall–Kier alpha value is -1.23. The Balaban J connectivity index is 0.000000437. The number of likely N-dealkylation sites (N-methyl/N-ethyl adjacent to an activating group) is 1. The van der Waals surface area contributed by atoms with Gasteiger partial charge in [-0.2, -0.15) is 9.37 Å². The van der Waals surface area contributed by atoms with Crippen LogP contribution in [0.15, 0.2) is 0 Å². The fourth-order valence-electron chi connectivity index (χ4n) is 1.73. The summed E-state index contributed by atoms with van der Waals surface area (Å²) < 4.78 is 13.0. The Labute approximate surface area is 102 Å². The first-order valence-electron chi connectivity index (χ1n) is 6.03. The highest BCUT2D eigenvalue weighted by Gasteiger charge is 2.19. The predicted molar refractivity (Wildman–Crippen MR) is 67.5 cm³/mol. The quantitative estimate of drug-likeness (QED) is 0.763. The molecule has 0 saturated heterocycles. The van der Waals surface area contributed by atoms with Gasteiger partial charge in [-0.15, -0.1) is 0 Å². The Morgan fingerprint density at radius 3 is 2.59 bits per heavy atom. The summed E-state index contributed by atoms with van der Waals surface area (Å²) in [7, 11) is 3.78. The van der Waals surface area contributed by atoms with E-state index >= 15 is 0 Å². The summed E-state index contributed by atoms with van der Waals surface area (Å²) in [6.45, 7) is 5.96. The lowest BCUT2D eigenvalue weighted by atomic mass is 10.1. The predicted octanol–water partition coefficient (Wildman–Crippen LogP) is 2.06. The molecule has 0 atom stereocenters. The van der Waals surface area contributed by atoms with Crippen LogP contribution in [0.2, 0.25) is 0 Å². The van der Waals surface area contributed by atoms with E-state index in [1.54, 1.807) is 7.05 Å². The number of nitrogens with one attached hydrogen (secondary N) is 1. The molecule has 0 fully saturated rings. The Bertz CT molecular complexity index is 351. The van der Waals surface area contributed by atoms with Crippen LogP contribution in [0.5, 0.6) is 0 Å². The van der Waals surface area contributed by atoms with Gasteiger partial charge < -0.3 is 10.2 Å². The van der Waals surface area contributed by atoms with Crippen LogP contribution in [0.4, 0.5) is 10.2 Å². The molecule has 1 aromatic heterocycles. The Morgan fingerprint density at radius 2 is 2.00 bits per heavy atom. The summed E-state index contributed by atoms with van der Waals surface area (Å²) >= 11 is 0. The van der Waals surface area contributed by atoms with Crippen molar-refractivity contribution in [2.45, 2.75) is 33.2 Å². The van der Waals surface area contributed by atoms with E-state index in [1.807, 2.05) is 7.05 Å². The number of halogens is 1. The normalized spacial score (nSPS) is 14.6. The number of hydrogen-bond donors (Lipinski definition) is 1. The smallest absolute Gasteiger partial charge is 0.310 e. The maximum absolute atomic E-state index is 13.0. The van der Waals surface area contributed by atoms with Gasteiger partial charge in [-0.1, -0.05) is 20.3 Å². The van der Waals surface area contributed by atoms with Crippen molar-refractivity contribution in [1.29, 1.82) is 0 Å². The average molecular weight is 240 g/mol. The van der Waals surface area contributed by atoms with Crippen molar-refractivity contribution < 1.29 is 4.39 Å². The first-order valence-corrected chi connectivity index (χ1v) is 6.03. The van der Waals surface area contributed by atoms with Crippen LogP contribution in [0.1, 0.15) is 31.5 Å². The van der Waals surface area contributed by atoms with Crippen LogP contribution in [-0.2, 0) is 13.0 Å². The van der Waals surface area contributed by atoms with E-state index in [0.717, 1.165) is 30.8 Å². The van der Waals surface area contributed by atoms with Crippen LogP contribution in [0.3, 0.4) is 0 Å². The summed E-state index contributed by atoms with van der Waals surface area (Å²) in [5, 5.41) is 2.90. The number of fused-ring (bicyclic) bond motifs is 1. The fourth-order valence-corrected chi connectivity index (χ4v) is 1.73. The molecule has 0 spiro atoms. The standard InChI is InChI=1S/C9H13FN4.C3H8/c1-11-8-6-5-14(2)4-3-7(6)12-9(10)13-8;1-3-2/h3-5H2,1-2H3,(H,11,12,13);3H2,1-2H3. The van der Waals surface area contributed by atoms with E-state index < -0.39 is 6.08 Å². The average Bonchev–Trinajstić information content (AvgIpc) is 2.29. The van der Waals surface area contributed by atoms with Crippen LogP contribution in [0, 0.1) is 6.08 Å². The topological polar surface area (TPSA) is 41.1 Å². The minimum Gasteiger partial charge on any atom is -0.373 e. The lowest BCUT2D eigenvalue weighted by Crippen LogP contribution is -2.28.